The van der Waals surface area contributed by atoms with Crippen molar-refractivity contribution in [3.05, 3.63) is 53.0 Å². The lowest BCUT2D eigenvalue weighted by Gasteiger charge is -2.17. The summed E-state index contributed by atoms with van der Waals surface area (Å²) in [4.78, 5) is 23.5. The zero-order valence-electron chi connectivity index (χ0n) is 14.0. The maximum Gasteiger partial charge on any atom is 0.339 e. The normalized spacial score (nSPS) is 11.8. The quantitative estimate of drug-likeness (QED) is 0.811. The number of benzene rings is 1. The summed E-state index contributed by atoms with van der Waals surface area (Å²) in [5.41, 5.74) is 0.860. The van der Waals surface area contributed by atoms with E-state index in [2.05, 4.69) is 5.32 Å². The molecule has 128 valence electrons. The Bertz CT molecular complexity index is 735. The van der Waals surface area contributed by atoms with E-state index in [0.717, 1.165) is 5.56 Å². The highest BCUT2D eigenvalue weighted by Crippen LogP contribution is 2.25. The highest BCUT2D eigenvalue weighted by Gasteiger charge is 2.22. The SMILES string of the molecule is CCOc1ccccc1C(C)NC(=O)c1cc(C(=O)O)c(CC)o1. The van der Waals surface area contributed by atoms with Gasteiger partial charge in [0.2, 0.25) is 0 Å². The van der Waals surface area contributed by atoms with E-state index in [4.69, 9.17) is 14.3 Å². The van der Waals surface area contributed by atoms with E-state index >= 15 is 0 Å². The van der Waals surface area contributed by atoms with Gasteiger partial charge >= 0.3 is 5.97 Å². The number of carbonyl (C=O) groups excluding carboxylic acids is 1. The van der Waals surface area contributed by atoms with Crippen molar-refractivity contribution in [1.82, 2.24) is 5.32 Å². The van der Waals surface area contributed by atoms with Crippen molar-refractivity contribution in [3.8, 4) is 5.75 Å². The van der Waals surface area contributed by atoms with Crippen LogP contribution in [0, 0.1) is 0 Å². The molecule has 1 unspecified atom stereocenters. The molecule has 0 bridgehead atoms. The van der Waals surface area contributed by atoms with Gasteiger partial charge in [0.25, 0.3) is 5.91 Å². The molecule has 0 saturated heterocycles. The minimum Gasteiger partial charge on any atom is -0.494 e. The molecule has 0 fully saturated rings. The summed E-state index contributed by atoms with van der Waals surface area (Å²) >= 11 is 0. The van der Waals surface area contributed by atoms with E-state index in [9.17, 15) is 9.59 Å². The largest absolute Gasteiger partial charge is 0.494 e. The summed E-state index contributed by atoms with van der Waals surface area (Å²) < 4.78 is 10.9. The molecule has 2 aromatic rings. The number of ether oxygens (including phenoxy) is 1. The molecule has 24 heavy (non-hydrogen) atoms. The van der Waals surface area contributed by atoms with Crippen LogP contribution in [0.3, 0.4) is 0 Å². The molecule has 1 atom stereocenters. The Kier molecular flexibility index (Phi) is 5.63. The number of para-hydroxylation sites is 1. The summed E-state index contributed by atoms with van der Waals surface area (Å²) in [5.74, 6) is -0.590. The van der Waals surface area contributed by atoms with Crippen molar-refractivity contribution in [2.45, 2.75) is 33.2 Å². The van der Waals surface area contributed by atoms with Crippen molar-refractivity contribution in [2.24, 2.45) is 0 Å². The molecule has 2 rings (SSSR count). The third kappa shape index (κ3) is 3.76. The summed E-state index contributed by atoms with van der Waals surface area (Å²) in [7, 11) is 0. The van der Waals surface area contributed by atoms with Crippen LogP contribution in [0.15, 0.2) is 34.7 Å². The number of nitrogens with one attached hydrogen (secondary N) is 1. The molecule has 6 heteroatoms. The van der Waals surface area contributed by atoms with Crippen LogP contribution in [0.1, 0.15) is 59.0 Å². The van der Waals surface area contributed by atoms with Crippen LogP contribution in [0.4, 0.5) is 0 Å². The topological polar surface area (TPSA) is 88.8 Å². The van der Waals surface area contributed by atoms with Gasteiger partial charge in [-0.3, -0.25) is 4.79 Å². The molecule has 0 spiro atoms. The molecule has 1 aromatic heterocycles. The van der Waals surface area contributed by atoms with E-state index in [-0.39, 0.29) is 23.1 Å². The molecule has 0 radical (unpaired) electrons. The molecule has 0 saturated carbocycles. The summed E-state index contributed by atoms with van der Waals surface area (Å²) in [5, 5.41) is 11.9. The maximum absolute atomic E-state index is 12.4. The van der Waals surface area contributed by atoms with Crippen LogP contribution >= 0.6 is 0 Å². The summed E-state index contributed by atoms with van der Waals surface area (Å²) in [6, 6.07) is 8.39. The molecule has 2 N–H and O–H groups in total. The zero-order chi connectivity index (χ0) is 17.7. The van der Waals surface area contributed by atoms with Crippen molar-refractivity contribution in [3.63, 3.8) is 0 Å². The van der Waals surface area contributed by atoms with Gasteiger partial charge in [-0.15, -0.1) is 0 Å². The first-order valence-corrected chi connectivity index (χ1v) is 7.86. The van der Waals surface area contributed by atoms with Gasteiger partial charge < -0.3 is 19.6 Å². The first kappa shape index (κ1) is 17.6. The molecule has 1 aromatic carbocycles. The maximum atomic E-state index is 12.4. The Hall–Kier alpha value is -2.76. The van der Waals surface area contributed by atoms with E-state index in [0.29, 0.717) is 18.8 Å². The fourth-order valence-electron chi connectivity index (χ4n) is 2.46. The number of furan rings is 1. The van der Waals surface area contributed by atoms with E-state index in [1.165, 1.54) is 6.07 Å². The van der Waals surface area contributed by atoms with Crippen molar-refractivity contribution in [2.75, 3.05) is 6.61 Å². The Balaban J connectivity index is 2.19. The number of amides is 1. The second kappa shape index (κ2) is 7.68. The van der Waals surface area contributed by atoms with Gasteiger partial charge in [-0.2, -0.15) is 0 Å². The predicted octanol–water partition coefficient (Wildman–Crippen LogP) is 3.43. The van der Waals surface area contributed by atoms with Gasteiger partial charge in [0.05, 0.1) is 12.6 Å². The van der Waals surface area contributed by atoms with E-state index in [1.54, 1.807) is 6.92 Å². The third-order valence-corrected chi connectivity index (χ3v) is 3.62. The van der Waals surface area contributed by atoms with Crippen LogP contribution < -0.4 is 10.1 Å². The minimum absolute atomic E-state index is 0.00927. The number of rotatable bonds is 7. The van der Waals surface area contributed by atoms with Crippen LogP contribution in [0.25, 0.3) is 0 Å². The lowest BCUT2D eigenvalue weighted by Crippen LogP contribution is -2.26. The Morgan fingerprint density at radius 3 is 2.58 bits per heavy atom. The van der Waals surface area contributed by atoms with Gasteiger partial charge in [-0.25, -0.2) is 4.79 Å². The molecule has 0 aliphatic rings. The Morgan fingerprint density at radius 1 is 1.29 bits per heavy atom. The average Bonchev–Trinajstić information content (AvgIpc) is 3.00. The molecular formula is C18H21NO5. The molecule has 0 aliphatic heterocycles. The monoisotopic (exact) mass is 331 g/mol. The Morgan fingerprint density at radius 2 is 2.00 bits per heavy atom. The van der Waals surface area contributed by atoms with Crippen molar-refractivity contribution >= 4 is 11.9 Å². The van der Waals surface area contributed by atoms with Gasteiger partial charge in [0.15, 0.2) is 5.76 Å². The fraction of sp³-hybridized carbons (Fsp3) is 0.333. The van der Waals surface area contributed by atoms with E-state index in [1.807, 2.05) is 38.1 Å². The lowest BCUT2D eigenvalue weighted by atomic mass is 10.1. The van der Waals surface area contributed by atoms with Crippen molar-refractivity contribution < 1.29 is 23.8 Å². The van der Waals surface area contributed by atoms with Gasteiger partial charge in [0, 0.05) is 18.1 Å². The number of aryl methyl sites for hydroxylation is 1. The van der Waals surface area contributed by atoms with Crippen LogP contribution in [-0.4, -0.2) is 23.6 Å². The standard InChI is InChI=1S/C18H21NO5/c1-4-14-13(18(21)22)10-16(24-14)17(20)19-11(3)12-8-6-7-9-15(12)23-5-2/h6-11H,4-5H2,1-3H3,(H,19,20)(H,21,22). The second-order valence-electron chi connectivity index (χ2n) is 5.27. The smallest absolute Gasteiger partial charge is 0.339 e. The average molecular weight is 331 g/mol. The van der Waals surface area contributed by atoms with Crippen molar-refractivity contribution in [1.29, 1.82) is 0 Å². The molecule has 1 amide bonds. The molecular weight excluding hydrogens is 310 g/mol. The predicted molar refractivity (Wildman–Crippen MR) is 88.5 cm³/mol. The van der Waals surface area contributed by atoms with Gasteiger partial charge in [-0.1, -0.05) is 25.1 Å². The second-order valence-corrected chi connectivity index (χ2v) is 5.27. The molecule has 1 heterocycles. The molecule has 6 nitrogen and oxygen atoms in total. The van der Waals surface area contributed by atoms with E-state index < -0.39 is 11.9 Å². The lowest BCUT2D eigenvalue weighted by molar-refractivity contribution is 0.0694. The number of hydrogen-bond donors (Lipinski definition) is 2. The highest BCUT2D eigenvalue weighted by molar-refractivity contribution is 5.96. The summed E-state index contributed by atoms with van der Waals surface area (Å²) in [6.45, 7) is 6.02. The fourth-order valence-corrected chi connectivity index (χ4v) is 2.46. The first-order chi connectivity index (χ1) is 11.5. The van der Waals surface area contributed by atoms with Crippen LogP contribution in [0.2, 0.25) is 0 Å². The van der Waals surface area contributed by atoms with Crippen LogP contribution in [0.5, 0.6) is 5.75 Å². The van der Waals surface area contributed by atoms with Gasteiger partial charge in [0.1, 0.15) is 17.1 Å². The first-order valence-electron chi connectivity index (χ1n) is 7.86. The number of aromatic carboxylic acids is 1. The number of carbonyl (C=O) groups is 2. The Labute approximate surface area is 140 Å². The zero-order valence-corrected chi connectivity index (χ0v) is 14.0. The minimum atomic E-state index is -1.11. The third-order valence-electron chi connectivity index (χ3n) is 3.62. The van der Waals surface area contributed by atoms with Gasteiger partial charge in [-0.05, 0) is 19.9 Å². The number of carboxylic acid groups (broad SMARTS) is 1. The highest BCUT2D eigenvalue weighted by atomic mass is 16.5. The number of hydrogen-bond acceptors (Lipinski definition) is 4. The number of carboxylic acids is 1. The summed E-state index contributed by atoms with van der Waals surface area (Å²) in [6.07, 6.45) is 0.400. The van der Waals surface area contributed by atoms with Crippen LogP contribution in [-0.2, 0) is 6.42 Å². The molecule has 0 aliphatic carbocycles.